The first kappa shape index (κ1) is 22.6. The van der Waals surface area contributed by atoms with Gasteiger partial charge in [-0.1, -0.05) is 44.2 Å². The fourth-order valence-electron chi connectivity index (χ4n) is 10.1. The zero-order chi connectivity index (χ0) is 22.9. The molecule has 5 fully saturated rings. The van der Waals surface area contributed by atoms with E-state index < -0.39 is 5.60 Å². The van der Waals surface area contributed by atoms with Gasteiger partial charge in [-0.25, -0.2) is 0 Å². The van der Waals surface area contributed by atoms with Crippen LogP contribution in [0.1, 0.15) is 84.1 Å². The molecule has 0 spiro atoms. The molecule has 182 valence electrons. The SMILES string of the molecule is CC1([C@H]2CC[C@H]3[C@@H]4CC[C@@H]5C[C@@](O)(Cc6ccccc6)CC[C@]5(C)[C@H]4CC[C@]23C)OCCO1. The fourth-order valence-corrected chi connectivity index (χ4v) is 10.1. The van der Waals surface area contributed by atoms with Gasteiger partial charge in [0.15, 0.2) is 5.79 Å². The van der Waals surface area contributed by atoms with Crippen molar-refractivity contribution in [3.63, 3.8) is 0 Å². The molecule has 1 aromatic carbocycles. The molecule has 0 unspecified atom stereocenters. The van der Waals surface area contributed by atoms with E-state index in [0.29, 0.717) is 22.7 Å². The second-order valence-electron chi connectivity index (χ2n) is 13.1. The van der Waals surface area contributed by atoms with Crippen LogP contribution in [0.2, 0.25) is 0 Å². The molecule has 0 aromatic heterocycles. The smallest absolute Gasteiger partial charge is 0.169 e. The molecule has 0 bridgehead atoms. The molecule has 0 radical (unpaired) electrons. The molecule has 3 heteroatoms. The van der Waals surface area contributed by atoms with Crippen molar-refractivity contribution in [2.24, 2.45) is 40.4 Å². The van der Waals surface area contributed by atoms with Gasteiger partial charge in [-0.3, -0.25) is 0 Å². The highest BCUT2D eigenvalue weighted by molar-refractivity contribution is 5.19. The van der Waals surface area contributed by atoms with E-state index in [1.165, 1.54) is 50.5 Å². The lowest BCUT2D eigenvalue weighted by Gasteiger charge is -2.62. The Balaban J connectivity index is 1.20. The van der Waals surface area contributed by atoms with Crippen molar-refractivity contribution in [1.82, 2.24) is 0 Å². The van der Waals surface area contributed by atoms with Gasteiger partial charge in [0.2, 0.25) is 0 Å². The van der Waals surface area contributed by atoms with Crippen molar-refractivity contribution in [3.05, 3.63) is 35.9 Å². The predicted octanol–water partition coefficient (Wildman–Crippen LogP) is 6.38. The zero-order valence-corrected chi connectivity index (χ0v) is 21.0. The lowest BCUT2D eigenvalue weighted by Crippen LogP contribution is -2.57. The average Bonchev–Trinajstić information content (AvgIpc) is 3.39. The van der Waals surface area contributed by atoms with E-state index >= 15 is 0 Å². The number of hydrogen-bond donors (Lipinski definition) is 1. The maximum atomic E-state index is 11.6. The number of hydrogen-bond acceptors (Lipinski definition) is 3. The third-order valence-corrected chi connectivity index (χ3v) is 11.7. The molecule has 4 aliphatic carbocycles. The molecule has 1 aliphatic heterocycles. The summed E-state index contributed by atoms with van der Waals surface area (Å²) in [6.07, 6.45) is 11.9. The van der Waals surface area contributed by atoms with Gasteiger partial charge in [-0.2, -0.15) is 0 Å². The topological polar surface area (TPSA) is 38.7 Å². The highest BCUT2D eigenvalue weighted by Crippen LogP contribution is 2.69. The quantitative estimate of drug-likeness (QED) is 0.578. The maximum absolute atomic E-state index is 11.6. The molecule has 3 nitrogen and oxygen atoms in total. The van der Waals surface area contributed by atoms with Crippen LogP contribution in [0.4, 0.5) is 0 Å². The van der Waals surface area contributed by atoms with E-state index in [1.54, 1.807) is 0 Å². The van der Waals surface area contributed by atoms with Gasteiger partial charge in [0, 0.05) is 12.3 Å². The van der Waals surface area contributed by atoms with E-state index in [0.717, 1.165) is 50.2 Å². The first-order chi connectivity index (χ1) is 15.8. The Kier molecular flexibility index (Phi) is 5.33. The van der Waals surface area contributed by atoms with Gasteiger partial charge in [0.1, 0.15) is 0 Å². The molecule has 0 amide bonds. The molecular weight excluding hydrogens is 408 g/mol. The zero-order valence-electron chi connectivity index (χ0n) is 21.0. The lowest BCUT2D eigenvalue weighted by atomic mass is 9.43. The Bertz CT molecular complexity index is 863. The van der Waals surface area contributed by atoms with E-state index in [9.17, 15) is 5.11 Å². The van der Waals surface area contributed by atoms with Crippen molar-refractivity contribution in [1.29, 1.82) is 0 Å². The summed E-state index contributed by atoms with van der Waals surface area (Å²) in [4.78, 5) is 0. The minimum atomic E-state index is -0.522. The van der Waals surface area contributed by atoms with Gasteiger partial charge in [-0.15, -0.1) is 0 Å². The molecular formula is C30H44O3. The minimum absolute atomic E-state index is 0.353. The van der Waals surface area contributed by atoms with Crippen LogP contribution in [0.5, 0.6) is 0 Å². The molecule has 5 aliphatic rings. The van der Waals surface area contributed by atoms with Crippen LogP contribution in [-0.2, 0) is 15.9 Å². The van der Waals surface area contributed by atoms with Crippen LogP contribution in [-0.4, -0.2) is 29.7 Å². The third kappa shape index (κ3) is 3.47. The summed E-state index contributed by atoms with van der Waals surface area (Å²) in [6.45, 7) is 8.92. The van der Waals surface area contributed by atoms with E-state index in [1.807, 2.05) is 0 Å². The first-order valence-electron chi connectivity index (χ1n) is 13.8. The van der Waals surface area contributed by atoms with E-state index in [4.69, 9.17) is 9.47 Å². The molecule has 1 saturated heterocycles. The van der Waals surface area contributed by atoms with Gasteiger partial charge in [-0.05, 0) is 105 Å². The molecule has 1 heterocycles. The molecule has 1 N–H and O–H groups in total. The molecule has 4 saturated carbocycles. The maximum Gasteiger partial charge on any atom is 0.169 e. The van der Waals surface area contributed by atoms with Crippen LogP contribution < -0.4 is 0 Å². The number of benzene rings is 1. The highest BCUT2D eigenvalue weighted by atomic mass is 16.7. The number of rotatable bonds is 3. The standard InChI is InChI=1S/C30H44O3/c1-27-15-16-30(31,19-21-7-5-4-6-8-21)20-22(27)9-10-23-24-11-12-26(29(3)32-17-18-33-29)28(24,2)14-13-25(23)27/h4-8,22-26,31H,9-20H2,1-3H3/t22-,23+,24+,25+,26+,27+,28+,30+/m1/s1. The summed E-state index contributed by atoms with van der Waals surface area (Å²) in [5, 5.41) is 11.6. The van der Waals surface area contributed by atoms with Crippen molar-refractivity contribution in [2.45, 2.75) is 96.4 Å². The molecule has 33 heavy (non-hydrogen) atoms. The number of fused-ring (bicyclic) bond motifs is 5. The minimum Gasteiger partial charge on any atom is -0.390 e. The summed E-state index contributed by atoms with van der Waals surface area (Å²) in [7, 11) is 0. The van der Waals surface area contributed by atoms with Crippen LogP contribution in [0, 0.1) is 40.4 Å². The first-order valence-corrected chi connectivity index (χ1v) is 13.8. The Morgan fingerprint density at radius 2 is 1.55 bits per heavy atom. The summed E-state index contributed by atoms with van der Waals surface area (Å²) >= 11 is 0. The van der Waals surface area contributed by atoms with Crippen molar-refractivity contribution in [3.8, 4) is 0 Å². The van der Waals surface area contributed by atoms with Crippen molar-refractivity contribution in [2.75, 3.05) is 13.2 Å². The van der Waals surface area contributed by atoms with E-state index in [-0.39, 0.29) is 5.79 Å². The second kappa shape index (κ2) is 7.80. The summed E-state index contributed by atoms with van der Waals surface area (Å²) in [5.41, 5.74) is 1.51. The lowest BCUT2D eigenvalue weighted by molar-refractivity contribution is -0.220. The molecule has 8 atom stereocenters. The second-order valence-corrected chi connectivity index (χ2v) is 13.1. The van der Waals surface area contributed by atoms with Crippen molar-refractivity contribution >= 4 is 0 Å². The fraction of sp³-hybridized carbons (Fsp3) is 0.800. The van der Waals surface area contributed by atoms with Crippen LogP contribution >= 0.6 is 0 Å². The number of aliphatic hydroxyl groups is 1. The van der Waals surface area contributed by atoms with Crippen LogP contribution in [0.3, 0.4) is 0 Å². The largest absolute Gasteiger partial charge is 0.390 e. The monoisotopic (exact) mass is 452 g/mol. The average molecular weight is 453 g/mol. The summed E-state index contributed by atoms with van der Waals surface area (Å²) in [6, 6.07) is 10.6. The Hall–Kier alpha value is -0.900. The van der Waals surface area contributed by atoms with Crippen LogP contribution in [0.25, 0.3) is 0 Å². The van der Waals surface area contributed by atoms with Gasteiger partial charge in [0.25, 0.3) is 0 Å². The van der Waals surface area contributed by atoms with Gasteiger partial charge >= 0.3 is 0 Å². The summed E-state index contributed by atoms with van der Waals surface area (Å²) in [5.74, 6) is 3.32. The van der Waals surface area contributed by atoms with Gasteiger partial charge in [0.05, 0.1) is 18.8 Å². The predicted molar refractivity (Wildman–Crippen MR) is 131 cm³/mol. The Morgan fingerprint density at radius 3 is 2.30 bits per heavy atom. The Labute approximate surface area is 200 Å². The van der Waals surface area contributed by atoms with E-state index in [2.05, 4.69) is 51.1 Å². The van der Waals surface area contributed by atoms with Gasteiger partial charge < -0.3 is 14.6 Å². The normalized spacial score (nSPS) is 48.7. The van der Waals surface area contributed by atoms with Crippen molar-refractivity contribution < 1.29 is 14.6 Å². The van der Waals surface area contributed by atoms with Crippen LogP contribution in [0.15, 0.2) is 30.3 Å². The Morgan fingerprint density at radius 1 is 0.818 bits per heavy atom. The number of ether oxygens (including phenoxy) is 2. The molecule has 1 aromatic rings. The third-order valence-electron chi connectivity index (χ3n) is 11.7. The summed E-state index contributed by atoms with van der Waals surface area (Å²) < 4.78 is 12.4. The highest BCUT2D eigenvalue weighted by Gasteiger charge is 2.64. The molecule has 6 rings (SSSR count).